The van der Waals surface area contributed by atoms with Gasteiger partial charge in [0.15, 0.2) is 6.10 Å². The largest absolute Gasteiger partial charge is 0.462 e. The summed E-state index contributed by atoms with van der Waals surface area (Å²) in [6.45, 7) is 6.56. The van der Waals surface area contributed by atoms with E-state index in [0.717, 1.165) is 103 Å². The highest BCUT2D eigenvalue weighted by molar-refractivity contribution is 5.71. The zero-order valence-corrected chi connectivity index (χ0v) is 54.5. The molecule has 0 spiro atoms. The number of carbonyl (C=O) groups excluding carboxylic acids is 3. The third-order valence-corrected chi connectivity index (χ3v) is 15.6. The molecule has 0 fully saturated rings. The van der Waals surface area contributed by atoms with Crippen LogP contribution in [0.15, 0.2) is 85.1 Å². The molecule has 0 saturated carbocycles. The fourth-order valence-corrected chi connectivity index (χ4v) is 10.3. The first-order valence-electron chi connectivity index (χ1n) is 35.6. The van der Waals surface area contributed by atoms with Crippen LogP contribution in [0.25, 0.3) is 0 Å². The fourth-order valence-electron chi connectivity index (χ4n) is 10.3. The number of esters is 3. The lowest BCUT2D eigenvalue weighted by Crippen LogP contribution is -2.30. The number of hydrogen-bond donors (Lipinski definition) is 0. The summed E-state index contributed by atoms with van der Waals surface area (Å²) < 4.78 is 17.0. The molecular weight excluding hydrogens is 1010 g/mol. The molecule has 82 heavy (non-hydrogen) atoms. The molecule has 0 aliphatic carbocycles. The van der Waals surface area contributed by atoms with Crippen LogP contribution < -0.4 is 0 Å². The van der Waals surface area contributed by atoms with E-state index in [2.05, 4.69) is 106 Å². The summed E-state index contributed by atoms with van der Waals surface area (Å²) >= 11 is 0. The maximum atomic E-state index is 13.0. The minimum absolute atomic E-state index is 0.0775. The maximum absolute atomic E-state index is 13.0. The summed E-state index contributed by atoms with van der Waals surface area (Å²) in [5, 5.41) is 0. The van der Waals surface area contributed by atoms with E-state index >= 15 is 0 Å². The van der Waals surface area contributed by atoms with Crippen molar-refractivity contribution in [2.24, 2.45) is 0 Å². The van der Waals surface area contributed by atoms with Gasteiger partial charge in [0.1, 0.15) is 13.2 Å². The van der Waals surface area contributed by atoms with Crippen LogP contribution in [0.4, 0.5) is 0 Å². The molecule has 0 aromatic rings. The van der Waals surface area contributed by atoms with Gasteiger partial charge >= 0.3 is 17.9 Å². The van der Waals surface area contributed by atoms with Gasteiger partial charge in [-0.1, -0.05) is 331 Å². The van der Waals surface area contributed by atoms with Crippen molar-refractivity contribution in [2.75, 3.05) is 13.2 Å². The van der Waals surface area contributed by atoms with Crippen molar-refractivity contribution >= 4 is 17.9 Å². The number of allylic oxidation sites excluding steroid dienone is 14. The molecule has 0 bridgehead atoms. The Bertz CT molecular complexity index is 1550. The highest BCUT2D eigenvalue weighted by Gasteiger charge is 2.19. The van der Waals surface area contributed by atoms with Crippen LogP contribution in [0.1, 0.15) is 361 Å². The Kier molecular flexibility index (Phi) is 67.2. The van der Waals surface area contributed by atoms with Crippen LogP contribution in [0, 0.1) is 0 Å². The quantitative estimate of drug-likeness (QED) is 0.0261. The average molecular weight is 1140 g/mol. The van der Waals surface area contributed by atoms with E-state index in [0.29, 0.717) is 19.3 Å². The number of hydrogen-bond acceptors (Lipinski definition) is 6. The first-order valence-corrected chi connectivity index (χ1v) is 35.6. The van der Waals surface area contributed by atoms with Crippen molar-refractivity contribution < 1.29 is 28.6 Å². The predicted molar refractivity (Wildman–Crippen MR) is 358 cm³/mol. The van der Waals surface area contributed by atoms with Crippen LogP contribution in [-0.2, 0) is 28.6 Å². The van der Waals surface area contributed by atoms with Crippen molar-refractivity contribution in [3.8, 4) is 0 Å². The molecule has 6 heteroatoms. The van der Waals surface area contributed by atoms with E-state index in [9.17, 15) is 14.4 Å². The van der Waals surface area contributed by atoms with Crippen molar-refractivity contribution in [3.05, 3.63) is 85.1 Å². The van der Waals surface area contributed by atoms with Gasteiger partial charge in [0, 0.05) is 19.3 Å². The topological polar surface area (TPSA) is 78.9 Å². The molecule has 0 N–H and O–H groups in total. The highest BCUT2D eigenvalue weighted by Crippen LogP contribution is 2.18. The Balaban J connectivity index is 4.36. The van der Waals surface area contributed by atoms with Crippen molar-refractivity contribution in [2.45, 2.75) is 367 Å². The van der Waals surface area contributed by atoms with Gasteiger partial charge in [-0.3, -0.25) is 14.4 Å². The molecular formula is C76H134O6. The summed E-state index contributed by atoms with van der Waals surface area (Å²) in [6.07, 6.45) is 93.1. The minimum atomic E-state index is -0.784. The molecule has 6 nitrogen and oxygen atoms in total. The molecule has 0 aromatic carbocycles. The standard InChI is InChI=1S/C76H134O6/c1-4-7-10-13-16-19-22-25-28-31-34-36-37-38-39-41-42-45-48-51-54-57-60-63-66-69-75(78)81-72-73(71-80-74(77)68-65-62-59-56-53-50-47-44-33-30-27-24-21-18-15-12-9-6-3)82-76(79)70-67-64-61-58-55-52-49-46-43-40-35-32-29-26-23-20-17-14-11-8-5-2/h8,11,17,20,22,25-26,29,31,34-35,37-38,40,73H,4-7,9-10,12-16,18-19,21,23-24,27-28,30,32-33,36,39,41-72H2,1-3H3/b11-8-,20-17-,25-22-,29-26-,34-31-,38-37-,40-35-. The molecule has 1 unspecified atom stereocenters. The van der Waals surface area contributed by atoms with E-state index in [4.69, 9.17) is 14.2 Å². The second kappa shape index (κ2) is 70.1. The Morgan fingerprint density at radius 2 is 0.476 bits per heavy atom. The third kappa shape index (κ3) is 67.4. The summed E-state index contributed by atoms with van der Waals surface area (Å²) in [5.41, 5.74) is 0. The predicted octanol–water partition coefficient (Wildman–Crippen LogP) is 24.6. The molecule has 0 saturated heterocycles. The van der Waals surface area contributed by atoms with Crippen LogP contribution in [0.2, 0.25) is 0 Å². The van der Waals surface area contributed by atoms with Gasteiger partial charge in [-0.25, -0.2) is 0 Å². The third-order valence-electron chi connectivity index (χ3n) is 15.6. The summed E-state index contributed by atoms with van der Waals surface area (Å²) in [6, 6.07) is 0. The van der Waals surface area contributed by atoms with E-state index < -0.39 is 6.10 Å². The van der Waals surface area contributed by atoms with Gasteiger partial charge in [-0.2, -0.15) is 0 Å². The molecule has 1 atom stereocenters. The molecule has 0 heterocycles. The van der Waals surface area contributed by atoms with E-state index in [1.54, 1.807) is 0 Å². The molecule has 0 aliphatic rings. The lowest BCUT2D eigenvalue weighted by Gasteiger charge is -2.18. The first kappa shape index (κ1) is 78.6. The molecule has 0 aromatic heterocycles. The van der Waals surface area contributed by atoms with Crippen molar-refractivity contribution in [3.63, 3.8) is 0 Å². The smallest absolute Gasteiger partial charge is 0.306 e. The molecule has 0 radical (unpaired) electrons. The summed E-state index contributed by atoms with van der Waals surface area (Å²) in [7, 11) is 0. The minimum Gasteiger partial charge on any atom is -0.462 e. The number of rotatable bonds is 65. The van der Waals surface area contributed by atoms with Gasteiger partial charge < -0.3 is 14.2 Å². The number of unbranched alkanes of at least 4 members (excludes halogenated alkanes) is 40. The van der Waals surface area contributed by atoms with Gasteiger partial charge in [0.05, 0.1) is 0 Å². The second-order valence-corrected chi connectivity index (χ2v) is 23.8. The number of ether oxygens (including phenoxy) is 3. The van der Waals surface area contributed by atoms with Gasteiger partial charge in [-0.15, -0.1) is 0 Å². The highest BCUT2D eigenvalue weighted by atomic mass is 16.6. The van der Waals surface area contributed by atoms with Crippen LogP contribution in [0.3, 0.4) is 0 Å². The second-order valence-electron chi connectivity index (χ2n) is 23.8. The lowest BCUT2D eigenvalue weighted by molar-refractivity contribution is -0.167. The summed E-state index contributed by atoms with van der Waals surface area (Å²) in [4.78, 5) is 38.5. The molecule has 0 aliphatic heterocycles. The van der Waals surface area contributed by atoms with Crippen LogP contribution in [0.5, 0.6) is 0 Å². The SMILES string of the molecule is CC/C=C\C/C=C\C/C=C\C/C=C\CCCCCCCCCCC(=O)OC(COC(=O)CCCCCCCCCCCC/C=C\C/C=C\C/C=C\CCCCCCC)COC(=O)CCCCCCCCCCCCCCCCCCCC. The molecule has 474 valence electrons. The normalized spacial score (nSPS) is 12.6. The zero-order valence-electron chi connectivity index (χ0n) is 54.5. The Hall–Kier alpha value is -3.41. The fraction of sp³-hybridized carbons (Fsp3) is 0.776. The Morgan fingerprint density at radius 1 is 0.256 bits per heavy atom. The van der Waals surface area contributed by atoms with Crippen molar-refractivity contribution in [1.29, 1.82) is 0 Å². The van der Waals surface area contributed by atoms with E-state index in [-0.39, 0.29) is 31.1 Å². The van der Waals surface area contributed by atoms with Gasteiger partial charge in [0.2, 0.25) is 0 Å². The van der Waals surface area contributed by atoms with E-state index in [1.807, 2.05) is 0 Å². The van der Waals surface area contributed by atoms with Crippen molar-refractivity contribution in [1.82, 2.24) is 0 Å². The van der Waals surface area contributed by atoms with Gasteiger partial charge in [0.25, 0.3) is 0 Å². The van der Waals surface area contributed by atoms with Crippen LogP contribution in [-0.4, -0.2) is 37.2 Å². The Labute approximate surface area is 509 Å². The van der Waals surface area contributed by atoms with Gasteiger partial charge in [-0.05, 0) is 96.3 Å². The molecule has 0 rings (SSSR count). The van der Waals surface area contributed by atoms with Crippen LogP contribution >= 0.6 is 0 Å². The Morgan fingerprint density at radius 3 is 0.744 bits per heavy atom. The lowest BCUT2D eigenvalue weighted by atomic mass is 10.0. The monoisotopic (exact) mass is 1140 g/mol. The number of carbonyl (C=O) groups is 3. The molecule has 0 amide bonds. The summed E-state index contributed by atoms with van der Waals surface area (Å²) in [5.74, 6) is -0.869. The maximum Gasteiger partial charge on any atom is 0.306 e. The zero-order chi connectivity index (χ0) is 59.2. The first-order chi connectivity index (χ1) is 40.5. The van der Waals surface area contributed by atoms with E-state index in [1.165, 1.54) is 218 Å². The average Bonchev–Trinajstić information content (AvgIpc) is 3.47.